The maximum Gasteiger partial charge on any atom is 0.418 e. The maximum absolute atomic E-state index is 13.6. The second-order valence-corrected chi connectivity index (χ2v) is 9.42. The number of benzene rings is 2. The zero-order valence-electron chi connectivity index (χ0n) is 21.4. The Balaban J connectivity index is 1.58. The number of hydrogen-bond acceptors (Lipinski definition) is 6. The number of nitrogens with zero attached hydrogens (tertiary/aromatic N) is 5. The minimum atomic E-state index is -4.80. The SMILES string of the molecule is C[C@H](N(Cc1ccc(F)cc1)C(=O)CN1C(=O)O[C@@]2(CCc3cc(N(C)C(N)=NC#N)ccc32)C1=O)C(F)(F)F. The number of carbonyl (C=O) groups excluding carboxylic acids is 3. The first-order chi connectivity index (χ1) is 18.8. The Labute approximate surface area is 226 Å². The Bertz CT molecular complexity index is 1420. The van der Waals surface area contributed by atoms with Crippen LogP contribution in [0.1, 0.15) is 30.0 Å². The van der Waals surface area contributed by atoms with Gasteiger partial charge in [0.2, 0.25) is 23.7 Å². The number of nitrogens with two attached hydrogens (primary N) is 1. The summed E-state index contributed by atoms with van der Waals surface area (Å²) in [4.78, 5) is 45.3. The molecule has 1 heterocycles. The minimum Gasteiger partial charge on any atom is -0.427 e. The summed E-state index contributed by atoms with van der Waals surface area (Å²) in [6.07, 6.45) is -4.00. The molecule has 0 unspecified atom stereocenters. The number of imide groups is 1. The Morgan fingerprint density at radius 1 is 1.25 bits per heavy atom. The van der Waals surface area contributed by atoms with Crippen molar-refractivity contribution in [3.63, 3.8) is 0 Å². The molecule has 0 bridgehead atoms. The van der Waals surface area contributed by atoms with Crippen LogP contribution in [-0.4, -0.2) is 59.5 Å². The van der Waals surface area contributed by atoms with Crippen molar-refractivity contribution in [3.8, 4) is 6.19 Å². The highest BCUT2D eigenvalue weighted by Gasteiger charge is 2.58. The number of nitriles is 1. The molecular weight excluding hydrogens is 536 g/mol. The molecule has 1 saturated heterocycles. The lowest BCUT2D eigenvalue weighted by Crippen LogP contribution is -2.51. The third-order valence-corrected chi connectivity index (χ3v) is 7.06. The first-order valence-corrected chi connectivity index (χ1v) is 12.0. The predicted octanol–water partition coefficient (Wildman–Crippen LogP) is 3.16. The number of aliphatic imine (C=N–C) groups is 1. The van der Waals surface area contributed by atoms with Gasteiger partial charge in [-0.1, -0.05) is 18.2 Å². The molecule has 40 heavy (non-hydrogen) atoms. The number of anilines is 1. The number of guanidine groups is 1. The van der Waals surface area contributed by atoms with E-state index in [1.807, 2.05) is 0 Å². The van der Waals surface area contributed by atoms with E-state index < -0.39 is 54.6 Å². The van der Waals surface area contributed by atoms with E-state index in [2.05, 4.69) is 4.99 Å². The van der Waals surface area contributed by atoms with Crippen LogP contribution in [0.2, 0.25) is 0 Å². The number of hydrogen-bond donors (Lipinski definition) is 1. The van der Waals surface area contributed by atoms with Crippen LogP contribution >= 0.6 is 0 Å². The van der Waals surface area contributed by atoms with Crippen LogP contribution in [0.25, 0.3) is 0 Å². The Morgan fingerprint density at radius 3 is 2.55 bits per heavy atom. The van der Waals surface area contributed by atoms with Crippen molar-refractivity contribution in [1.29, 1.82) is 5.26 Å². The third-order valence-electron chi connectivity index (χ3n) is 7.06. The highest BCUT2D eigenvalue weighted by Crippen LogP contribution is 2.46. The molecule has 1 aliphatic carbocycles. The Hall–Kier alpha value is -4.67. The molecular formula is C26H24F4N6O4. The molecule has 4 rings (SSSR count). The number of halogens is 4. The van der Waals surface area contributed by atoms with Gasteiger partial charge in [0.25, 0.3) is 5.91 Å². The molecule has 2 N–H and O–H groups in total. The first-order valence-electron chi connectivity index (χ1n) is 12.0. The number of aryl methyl sites for hydroxylation is 1. The number of rotatable bonds is 6. The zero-order valence-corrected chi connectivity index (χ0v) is 21.4. The molecule has 2 atom stereocenters. The molecule has 2 aromatic rings. The van der Waals surface area contributed by atoms with E-state index in [9.17, 15) is 31.9 Å². The predicted molar refractivity (Wildman–Crippen MR) is 133 cm³/mol. The molecule has 0 aromatic heterocycles. The fraction of sp³-hybridized carbons (Fsp3) is 0.346. The smallest absolute Gasteiger partial charge is 0.418 e. The summed E-state index contributed by atoms with van der Waals surface area (Å²) < 4.78 is 59.6. The first kappa shape index (κ1) is 28.3. The average molecular weight is 561 g/mol. The monoisotopic (exact) mass is 560 g/mol. The summed E-state index contributed by atoms with van der Waals surface area (Å²) in [6.45, 7) is -0.722. The summed E-state index contributed by atoms with van der Waals surface area (Å²) in [5, 5.41) is 8.72. The van der Waals surface area contributed by atoms with Crippen molar-refractivity contribution in [1.82, 2.24) is 9.80 Å². The van der Waals surface area contributed by atoms with Gasteiger partial charge in [0.15, 0.2) is 0 Å². The van der Waals surface area contributed by atoms with Crippen LogP contribution in [0.3, 0.4) is 0 Å². The van der Waals surface area contributed by atoms with Gasteiger partial charge in [0.1, 0.15) is 18.4 Å². The molecule has 2 aromatic carbocycles. The number of amides is 3. The van der Waals surface area contributed by atoms with Gasteiger partial charge in [-0.25, -0.2) is 14.1 Å². The van der Waals surface area contributed by atoms with E-state index in [1.165, 1.54) is 17.0 Å². The van der Waals surface area contributed by atoms with Gasteiger partial charge >= 0.3 is 12.3 Å². The molecule has 14 heteroatoms. The Morgan fingerprint density at radius 2 is 1.93 bits per heavy atom. The van der Waals surface area contributed by atoms with Gasteiger partial charge in [-0.2, -0.15) is 18.4 Å². The highest BCUT2D eigenvalue weighted by molar-refractivity contribution is 6.06. The Kier molecular flexibility index (Phi) is 7.42. The van der Waals surface area contributed by atoms with Gasteiger partial charge in [0.05, 0.1) is 0 Å². The van der Waals surface area contributed by atoms with Gasteiger partial charge in [0, 0.05) is 31.3 Å². The molecule has 3 amide bonds. The number of fused-ring (bicyclic) bond motifs is 2. The second-order valence-electron chi connectivity index (χ2n) is 9.42. The van der Waals surface area contributed by atoms with E-state index in [-0.39, 0.29) is 17.9 Å². The van der Waals surface area contributed by atoms with Gasteiger partial charge in [-0.15, -0.1) is 4.99 Å². The van der Waals surface area contributed by atoms with Crippen molar-refractivity contribution in [2.75, 3.05) is 18.5 Å². The van der Waals surface area contributed by atoms with Gasteiger partial charge in [-0.3, -0.25) is 9.59 Å². The van der Waals surface area contributed by atoms with E-state index in [0.29, 0.717) is 33.0 Å². The van der Waals surface area contributed by atoms with E-state index in [1.54, 1.807) is 31.4 Å². The van der Waals surface area contributed by atoms with Crippen molar-refractivity contribution in [2.45, 2.75) is 44.1 Å². The fourth-order valence-corrected chi connectivity index (χ4v) is 4.74. The summed E-state index contributed by atoms with van der Waals surface area (Å²) in [6, 6.07) is 7.14. The summed E-state index contributed by atoms with van der Waals surface area (Å²) in [5.74, 6) is -2.67. The lowest BCUT2D eigenvalue weighted by atomic mass is 9.94. The molecule has 1 spiro atoms. The number of ether oxygens (including phenoxy) is 1. The number of alkyl halides is 3. The highest BCUT2D eigenvalue weighted by atomic mass is 19.4. The van der Waals surface area contributed by atoms with Crippen LogP contribution < -0.4 is 10.6 Å². The summed E-state index contributed by atoms with van der Waals surface area (Å²) in [5.41, 5.74) is 5.82. The lowest BCUT2D eigenvalue weighted by Gasteiger charge is -2.31. The molecule has 1 fully saturated rings. The quantitative estimate of drug-likeness (QED) is 0.248. The van der Waals surface area contributed by atoms with Crippen molar-refractivity contribution < 1.29 is 36.7 Å². The maximum atomic E-state index is 13.6. The van der Waals surface area contributed by atoms with Crippen LogP contribution in [0.4, 0.5) is 28.0 Å². The average Bonchev–Trinajstić information content (AvgIpc) is 3.38. The minimum absolute atomic E-state index is 0.0603. The lowest BCUT2D eigenvalue weighted by molar-refractivity contribution is -0.187. The van der Waals surface area contributed by atoms with Crippen molar-refractivity contribution in [2.24, 2.45) is 10.7 Å². The van der Waals surface area contributed by atoms with E-state index in [4.69, 9.17) is 15.7 Å². The van der Waals surface area contributed by atoms with Crippen molar-refractivity contribution in [3.05, 3.63) is 65.0 Å². The normalized spacial score (nSPS) is 19.3. The van der Waals surface area contributed by atoms with Gasteiger partial charge in [-0.05, 0) is 48.7 Å². The molecule has 210 valence electrons. The standard InChI is InChI=1S/C26H24F4N6O4/c1-15(26(28,29)30)35(12-16-3-5-18(27)6-4-16)21(37)13-36-22(38)25(40-24(36)39)10-9-17-11-19(7-8-20(17)25)34(2)23(32)33-14-31/h3-8,11,15H,9-10,12-13H2,1-2H3,(H2,32,33)/t15-,25+/m0/s1. The summed E-state index contributed by atoms with van der Waals surface area (Å²) in [7, 11) is 1.58. The molecule has 0 saturated carbocycles. The fourth-order valence-electron chi connectivity index (χ4n) is 4.74. The third kappa shape index (κ3) is 5.14. The molecule has 10 nitrogen and oxygen atoms in total. The largest absolute Gasteiger partial charge is 0.427 e. The zero-order chi connectivity index (χ0) is 29.4. The van der Waals surface area contributed by atoms with E-state index in [0.717, 1.165) is 19.1 Å². The van der Waals surface area contributed by atoms with Crippen LogP contribution in [-0.2, 0) is 32.9 Å². The van der Waals surface area contributed by atoms with Gasteiger partial charge < -0.3 is 20.3 Å². The molecule has 2 aliphatic rings. The van der Waals surface area contributed by atoms with E-state index >= 15 is 0 Å². The second kappa shape index (κ2) is 10.5. The van der Waals surface area contributed by atoms with Crippen LogP contribution in [0, 0.1) is 17.3 Å². The van der Waals surface area contributed by atoms with Crippen LogP contribution in [0.15, 0.2) is 47.5 Å². The summed E-state index contributed by atoms with van der Waals surface area (Å²) >= 11 is 0. The topological polar surface area (TPSA) is 132 Å². The van der Waals surface area contributed by atoms with Crippen molar-refractivity contribution >= 4 is 29.6 Å². The van der Waals surface area contributed by atoms with Crippen LogP contribution in [0.5, 0.6) is 0 Å². The molecule has 1 aliphatic heterocycles. The number of carbonyl (C=O) groups is 3. The molecule has 0 radical (unpaired) electrons.